The zero-order valence-corrected chi connectivity index (χ0v) is 15.4. The summed E-state index contributed by atoms with van der Waals surface area (Å²) in [6.45, 7) is 1.50. The SMILES string of the molecule is CC(=O)Nc1ccc(Sc2nc(-c3cccnc3)nc3ccccc23)cc1. The molecule has 5 nitrogen and oxygen atoms in total. The first kappa shape index (κ1) is 17.2. The molecule has 0 saturated carbocycles. The van der Waals surface area contributed by atoms with Crippen LogP contribution in [0.4, 0.5) is 5.69 Å². The number of benzene rings is 2. The lowest BCUT2D eigenvalue weighted by Gasteiger charge is -2.09. The van der Waals surface area contributed by atoms with E-state index in [1.54, 1.807) is 24.2 Å². The van der Waals surface area contributed by atoms with E-state index in [1.165, 1.54) is 6.92 Å². The maximum absolute atomic E-state index is 11.2. The summed E-state index contributed by atoms with van der Waals surface area (Å²) in [6.07, 6.45) is 3.50. The lowest BCUT2D eigenvalue weighted by molar-refractivity contribution is -0.114. The maximum Gasteiger partial charge on any atom is 0.221 e. The third kappa shape index (κ3) is 3.96. The highest BCUT2D eigenvalue weighted by atomic mass is 32.2. The number of aromatic nitrogens is 3. The van der Waals surface area contributed by atoms with Crippen molar-refractivity contribution in [2.24, 2.45) is 0 Å². The van der Waals surface area contributed by atoms with E-state index >= 15 is 0 Å². The molecule has 132 valence electrons. The van der Waals surface area contributed by atoms with Gasteiger partial charge in [-0.15, -0.1) is 0 Å². The molecule has 2 aromatic heterocycles. The summed E-state index contributed by atoms with van der Waals surface area (Å²) >= 11 is 1.57. The monoisotopic (exact) mass is 372 g/mol. The number of rotatable bonds is 4. The highest BCUT2D eigenvalue weighted by molar-refractivity contribution is 7.99. The van der Waals surface area contributed by atoms with Gasteiger partial charge in [0.05, 0.1) is 5.52 Å². The molecular formula is C21H16N4OS. The quantitative estimate of drug-likeness (QED) is 0.521. The number of carbonyl (C=O) groups is 1. The van der Waals surface area contributed by atoms with E-state index in [4.69, 9.17) is 4.98 Å². The van der Waals surface area contributed by atoms with E-state index in [-0.39, 0.29) is 5.91 Å². The van der Waals surface area contributed by atoms with Crippen LogP contribution < -0.4 is 5.32 Å². The average molecular weight is 372 g/mol. The van der Waals surface area contributed by atoms with Gasteiger partial charge in [0.15, 0.2) is 5.82 Å². The Morgan fingerprint density at radius 1 is 0.963 bits per heavy atom. The molecule has 0 radical (unpaired) electrons. The van der Waals surface area contributed by atoms with Crippen LogP contribution in [0.5, 0.6) is 0 Å². The summed E-state index contributed by atoms with van der Waals surface area (Å²) < 4.78 is 0. The highest BCUT2D eigenvalue weighted by Crippen LogP contribution is 2.33. The van der Waals surface area contributed by atoms with E-state index < -0.39 is 0 Å². The summed E-state index contributed by atoms with van der Waals surface area (Å²) in [4.78, 5) is 25.8. The zero-order chi connectivity index (χ0) is 18.6. The fraction of sp³-hybridized carbons (Fsp3) is 0.0476. The van der Waals surface area contributed by atoms with Crippen molar-refractivity contribution >= 4 is 34.3 Å². The molecule has 2 heterocycles. The first-order valence-corrected chi connectivity index (χ1v) is 9.23. The van der Waals surface area contributed by atoms with Crippen molar-refractivity contribution in [2.45, 2.75) is 16.8 Å². The van der Waals surface area contributed by atoms with Crippen molar-refractivity contribution in [3.8, 4) is 11.4 Å². The van der Waals surface area contributed by atoms with Crippen LogP contribution in [-0.2, 0) is 4.79 Å². The zero-order valence-electron chi connectivity index (χ0n) is 14.6. The van der Waals surface area contributed by atoms with Crippen LogP contribution in [0.2, 0.25) is 0 Å². The van der Waals surface area contributed by atoms with Crippen LogP contribution in [0.25, 0.3) is 22.3 Å². The number of carbonyl (C=O) groups excluding carboxylic acids is 1. The first-order chi connectivity index (χ1) is 13.2. The molecule has 0 unspecified atom stereocenters. The van der Waals surface area contributed by atoms with E-state index in [9.17, 15) is 4.79 Å². The third-order valence-electron chi connectivity index (χ3n) is 3.88. The van der Waals surface area contributed by atoms with Crippen LogP contribution >= 0.6 is 11.8 Å². The Hall–Kier alpha value is -3.25. The number of nitrogens with zero attached hydrogens (tertiary/aromatic N) is 3. The minimum atomic E-state index is -0.0849. The summed E-state index contributed by atoms with van der Waals surface area (Å²) in [5.41, 5.74) is 2.55. The molecule has 0 atom stereocenters. The summed E-state index contributed by atoms with van der Waals surface area (Å²) in [5.74, 6) is 0.567. The van der Waals surface area contributed by atoms with Gasteiger partial charge in [-0.05, 0) is 42.5 Å². The van der Waals surface area contributed by atoms with E-state index in [0.29, 0.717) is 5.82 Å². The number of amides is 1. The van der Waals surface area contributed by atoms with E-state index in [0.717, 1.165) is 32.1 Å². The molecule has 0 spiro atoms. The van der Waals surface area contributed by atoms with Crippen LogP contribution in [-0.4, -0.2) is 20.9 Å². The number of nitrogens with one attached hydrogen (secondary N) is 1. The topological polar surface area (TPSA) is 67.8 Å². The number of anilines is 1. The minimum Gasteiger partial charge on any atom is -0.326 e. The molecule has 1 N–H and O–H groups in total. The number of para-hydroxylation sites is 1. The normalized spacial score (nSPS) is 10.7. The second kappa shape index (κ2) is 7.55. The van der Waals surface area contributed by atoms with Crippen molar-refractivity contribution in [3.63, 3.8) is 0 Å². The summed E-state index contributed by atoms with van der Waals surface area (Å²) in [6, 6.07) is 19.5. The van der Waals surface area contributed by atoms with Gasteiger partial charge in [0.1, 0.15) is 5.03 Å². The molecule has 4 aromatic rings. The lowest BCUT2D eigenvalue weighted by Crippen LogP contribution is -2.05. The summed E-state index contributed by atoms with van der Waals surface area (Å²) in [5, 5.41) is 4.66. The fourth-order valence-electron chi connectivity index (χ4n) is 2.67. The van der Waals surface area contributed by atoms with Gasteiger partial charge in [-0.2, -0.15) is 0 Å². The van der Waals surface area contributed by atoms with Crippen LogP contribution in [0, 0.1) is 0 Å². The lowest BCUT2D eigenvalue weighted by atomic mass is 10.2. The Morgan fingerprint density at radius 2 is 1.78 bits per heavy atom. The molecule has 27 heavy (non-hydrogen) atoms. The predicted molar refractivity (Wildman–Crippen MR) is 108 cm³/mol. The fourth-order valence-corrected chi connectivity index (χ4v) is 3.58. The molecule has 0 aliphatic rings. The van der Waals surface area contributed by atoms with Crippen molar-refractivity contribution in [1.29, 1.82) is 0 Å². The maximum atomic E-state index is 11.2. The van der Waals surface area contributed by atoms with Gasteiger partial charge in [-0.3, -0.25) is 9.78 Å². The molecular weight excluding hydrogens is 356 g/mol. The first-order valence-electron chi connectivity index (χ1n) is 8.42. The molecule has 0 fully saturated rings. The number of fused-ring (bicyclic) bond motifs is 1. The van der Waals surface area contributed by atoms with Gasteiger partial charge in [0.2, 0.25) is 5.91 Å². The van der Waals surface area contributed by atoms with Crippen LogP contribution in [0.3, 0.4) is 0 Å². The molecule has 0 aliphatic heterocycles. The second-order valence-corrected chi connectivity index (χ2v) is 6.98. The smallest absolute Gasteiger partial charge is 0.221 e. The highest BCUT2D eigenvalue weighted by Gasteiger charge is 2.11. The second-order valence-electron chi connectivity index (χ2n) is 5.92. The van der Waals surface area contributed by atoms with Crippen LogP contribution in [0.1, 0.15) is 6.92 Å². The molecule has 0 bridgehead atoms. The summed E-state index contributed by atoms with van der Waals surface area (Å²) in [7, 11) is 0. The van der Waals surface area contributed by atoms with Gasteiger partial charge < -0.3 is 5.32 Å². The number of hydrogen-bond acceptors (Lipinski definition) is 5. The third-order valence-corrected chi connectivity index (χ3v) is 4.89. The molecule has 0 aliphatic carbocycles. The van der Waals surface area contributed by atoms with Gasteiger partial charge in [0.25, 0.3) is 0 Å². The Balaban J connectivity index is 1.73. The Bertz CT molecular complexity index is 1100. The van der Waals surface area contributed by atoms with Gasteiger partial charge >= 0.3 is 0 Å². The molecule has 2 aromatic carbocycles. The molecule has 0 saturated heterocycles. The number of hydrogen-bond donors (Lipinski definition) is 1. The molecule has 1 amide bonds. The number of pyridine rings is 1. The van der Waals surface area contributed by atoms with E-state index in [2.05, 4.69) is 15.3 Å². The Labute approximate surface area is 160 Å². The van der Waals surface area contributed by atoms with E-state index in [1.807, 2.05) is 60.7 Å². The van der Waals surface area contributed by atoms with Gasteiger partial charge in [-0.25, -0.2) is 9.97 Å². The Morgan fingerprint density at radius 3 is 2.52 bits per heavy atom. The van der Waals surface area contributed by atoms with Crippen molar-refractivity contribution in [2.75, 3.05) is 5.32 Å². The van der Waals surface area contributed by atoms with Gasteiger partial charge in [0, 0.05) is 40.8 Å². The average Bonchev–Trinajstić information content (AvgIpc) is 2.70. The minimum absolute atomic E-state index is 0.0849. The van der Waals surface area contributed by atoms with Crippen molar-refractivity contribution < 1.29 is 4.79 Å². The molecule has 4 rings (SSSR count). The molecule has 6 heteroatoms. The standard InChI is InChI=1S/C21H16N4OS/c1-14(26)23-16-8-10-17(11-9-16)27-21-18-6-2-3-7-19(18)24-20(25-21)15-5-4-12-22-13-15/h2-13H,1H3,(H,23,26). The van der Waals surface area contributed by atoms with Gasteiger partial charge in [-0.1, -0.05) is 30.0 Å². The predicted octanol–water partition coefficient (Wildman–Crippen LogP) is 4.80. The largest absolute Gasteiger partial charge is 0.326 e. The van der Waals surface area contributed by atoms with Crippen LogP contribution in [0.15, 0.2) is 83.0 Å². The van der Waals surface area contributed by atoms with Crippen molar-refractivity contribution in [3.05, 3.63) is 73.1 Å². The van der Waals surface area contributed by atoms with Crippen molar-refractivity contribution in [1.82, 2.24) is 15.0 Å². The Kier molecular flexibility index (Phi) is 4.80.